The van der Waals surface area contributed by atoms with Gasteiger partial charge in [-0.05, 0) is 36.6 Å². The second kappa shape index (κ2) is 8.17. The lowest BCUT2D eigenvalue weighted by Gasteiger charge is -2.27. The monoisotopic (exact) mass is 308 g/mol. The predicted molar refractivity (Wildman–Crippen MR) is 85.4 cm³/mol. The minimum Gasteiger partial charge on any atom is -0.353 e. The van der Waals surface area contributed by atoms with Crippen LogP contribution in [0.5, 0.6) is 0 Å². The Hall–Kier alpha value is -1.36. The summed E-state index contributed by atoms with van der Waals surface area (Å²) in [6.45, 7) is 2.79. The van der Waals surface area contributed by atoms with Crippen LogP contribution in [0.3, 0.4) is 0 Å². The molecule has 1 aromatic heterocycles. The Kier molecular flexibility index (Phi) is 6.23. The molecule has 1 saturated carbocycles. The molecular formula is C16H24N2O2S. The molecule has 0 radical (unpaired) electrons. The van der Waals surface area contributed by atoms with Gasteiger partial charge >= 0.3 is 0 Å². The summed E-state index contributed by atoms with van der Waals surface area (Å²) in [4.78, 5) is 23.6. The minimum atomic E-state index is -0.0576. The van der Waals surface area contributed by atoms with Gasteiger partial charge in [0.2, 0.25) is 5.91 Å². The summed E-state index contributed by atoms with van der Waals surface area (Å²) in [6, 6.07) is 2.15. The maximum Gasteiger partial charge on any atom is 0.252 e. The van der Waals surface area contributed by atoms with Crippen molar-refractivity contribution in [1.82, 2.24) is 10.6 Å². The van der Waals surface area contributed by atoms with Gasteiger partial charge in [-0.15, -0.1) is 0 Å². The zero-order chi connectivity index (χ0) is 15.1. The van der Waals surface area contributed by atoms with Crippen molar-refractivity contribution in [2.75, 3.05) is 6.54 Å². The van der Waals surface area contributed by atoms with Gasteiger partial charge in [-0.25, -0.2) is 0 Å². The highest BCUT2D eigenvalue weighted by Crippen LogP contribution is 2.23. The molecule has 1 heterocycles. The van der Waals surface area contributed by atoms with Crippen LogP contribution in [0.25, 0.3) is 0 Å². The average Bonchev–Trinajstić information content (AvgIpc) is 2.97. The van der Waals surface area contributed by atoms with E-state index >= 15 is 0 Å². The van der Waals surface area contributed by atoms with E-state index in [9.17, 15) is 9.59 Å². The third-order valence-electron chi connectivity index (χ3n) is 3.95. The molecule has 1 fully saturated rings. The molecule has 0 spiro atoms. The van der Waals surface area contributed by atoms with Gasteiger partial charge in [0.25, 0.3) is 5.91 Å². The molecule has 1 aliphatic rings. The molecule has 0 saturated heterocycles. The van der Waals surface area contributed by atoms with E-state index < -0.39 is 0 Å². The molecule has 21 heavy (non-hydrogen) atoms. The quantitative estimate of drug-likeness (QED) is 0.794. The number of hydrogen-bond donors (Lipinski definition) is 2. The van der Waals surface area contributed by atoms with Crippen LogP contribution in [0.2, 0.25) is 0 Å². The summed E-state index contributed by atoms with van der Waals surface area (Å²) < 4.78 is 0. The molecule has 2 amide bonds. The maximum atomic E-state index is 11.9. The van der Waals surface area contributed by atoms with Crippen LogP contribution >= 0.6 is 11.3 Å². The third kappa shape index (κ3) is 5.50. The smallest absolute Gasteiger partial charge is 0.252 e. The lowest BCUT2D eigenvalue weighted by atomic mass is 9.87. The lowest BCUT2D eigenvalue weighted by Crippen LogP contribution is -2.38. The lowest BCUT2D eigenvalue weighted by molar-refractivity contribution is -0.122. The number of hydrogen-bond acceptors (Lipinski definition) is 3. The first-order chi connectivity index (χ1) is 10.1. The Balaban J connectivity index is 1.58. The largest absolute Gasteiger partial charge is 0.353 e. The molecule has 2 rings (SSSR count). The molecule has 5 heteroatoms. The fourth-order valence-corrected chi connectivity index (χ4v) is 3.45. The Morgan fingerprint density at radius 2 is 2.24 bits per heavy atom. The van der Waals surface area contributed by atoms with E-state index in [4.69, 9.17) is 0 Å². The minimum absolute atomic E-state index is 0.0576. The van der Waals surface area contributed by atoms with E-state index in [0.717, 1.165) is 12.8 Å². The first kappa shape index (κ1) is 16.0. The molecule has 0 aromatic carbocycles. The van der Waals surface area contributed by atoms with Crippen molar-refractivity contribution in [3.63, 3.8) is 0 Å². The Morgan fingerprint density at radius 3 is 2.95 bits per heavy atom. The SMILES string of the molecule is CC1CCCC(NC(=O)CCCNC(=O)c2ccsc2)C1. The molecule has 4 nitrogen and oxygen atoms in total. The van der Waals surface area contributed by atoms with Gasteiger partial charge in [0.15, 0.2) is 0 Å². The highest BCUT2D eigenvalue weighted by Gasteiger charge is 2.20. The van der Waals surface area contributed by atoms with Crippen molar-refractivity contribution in [2.45, 2.75) is 51.5 Å². The molecule has 116 valence electrons. The summed E-state index contributed by atoms with van der Waals surface area (Å²) in [5, 5.41) is 9.66. The Morgan fingerprint density at radius 1 is 1.38 bits per heavy atom. The first-order valence-electron chi connectivity index (χ1n) is 7.75. The Labute approximate surface area is 130 Å². The summed E-state index contributed by atoms with van der Waals surface area (Å²) in [5.74, 6) is 0.769. The van der Waals surface area contributed by atoms with Crippen LogP contribution in [0.15, 0.2) is 16.8 Å². The van der Waals surface area contributed by atoms with Gasteiger partial charge in [-0.3, -0.25) is 9.59 Å². The fraction of sp³-hybridized carbons (Fsp3) is 0.625. The maximum absolute atomic E-state index is 11.9. The number of nitrogens with one attached hydrogen (secondary N) is 2. The van der Waals surface area contributed by atoms with Gasteiger partial charge in [-0.2, -0.15) is 11.3 Å². The average molecular weight is 308 g/mol. The highest BCUT2D eigenvalue weighted by molar-refractivity contribution is 7.08. The molecular weight excluding hydrogens is 284 g/mol. The summed E-state index contributed by atoms with van der Waals surface area (Å²) in [6.07, 6.45) is 5.86. The fourth-order valence-electron chi connectivity index (χ4n) is 2.81. The van der Waals surface area contributed by atoms with Crippen molar-refractivity contribution in [2.24, 2.45) is 5.92 Å². The predicted octanol–water partition coefficient (Wildman–Crippen LogP) is 2.95. The van der Waals surface area contributed by atoms with Crippen molar-refractivity contribution in [3.8, 4) is 0 Å². The van der Waals surface area contributed by atoms with Crippen molar-refractivity contribution in [1.29, 1.82) is 0 Å². The third-order valence-corrected chi connectivity index (χ3v) is 4.63. The van der Waals surface area contributed by atoms with Crippen LogP contribution < -0.4 is 10.6 Å². The summed E-state index contributed by atoms with van der Waals surface area (Å²) in [7, 11) is 0. The van der Waals surface area contributed by atoms with Gasteiger partial charge in [-0.1, -0.05) is 19.8 Å². The molecule has 0 aliphatic heterocycles. The molecule has 2 N–H and O–H groups in total. The zero-order valence-electron chi connectivity index (χ0n) is 12.6. The van der Waals surface area contributed by atoms with Crippen molar-refractivity contribution >= 4 is 23.2 Å². The summed E-state index contributed by atoms with van der Waals surface area (Å²) >= 11 is 1.51. The van der Waals surface area contributed by atoms with Crippen LogP contribution in [0, 0.1) is 5.92 Å². The van der Waals surface area contributed by atoms with Gasteiger partial charge in [0.05, 0.1) is 0 Å². The Bertz CT molecular complexity index is 459. The van der Waals surface area contributed by atoms with Crippen LogP contribution in [0.1, 0.15) is 55.8 Å². The second-order valence-corrected chi connectivity index (χ2v) is 6.69. The van der Waals surface area contributed by atoms with E-state index in [-0.39, 0.29) is 11.8 Å². The topological polar surface area (TPSA) is 58.2 Å². The van der Waals surface area contributed by atoms with E-state index in [0.29, 0.717) is 36.9 Å². The number of amides is 2. The molecule has 1 aromatic rings. The first-order valence-corrected chi connectivity index (χ1v) is 8.69. The standard InChI is InChI=1S/C16H24N2O2S/c1-12-4-2-5-14(10-12)18-15(19)6-3-8-17-16(20)13-7-9-21-11-13/h7,9,11-12,14H,2-6,8,10H2,1H3,(H,17,20)(H,18,19). The second-order valence-electron chi connectivity index (χ2n) is 5.91. The number of rotatable bonds is 6. The van der Waals surface area contributed by atoms with E-state index in [1.807, 2.05) is 10.8 Å². The van der Waals surface area contributed by atoms with E-state index in [1.165, 1.54) is 24.2 Å². The number of carbonyl (C=O) groups excluding carboxylic acids is 2. The van der Waals surface area contributed by atoms with Crippen LogP contribution in [0.4, 0.5) is 0 Å². The molecule has 2 atom stereocenters. The van der Waals surface area contributed by atoms with E-state index in [1.54, 1.807) is 6.07 Å². The van der Waals surface area contributed by atoms with Crippen LogP contribution in [-0.4, -0.2) is 24.4 Å². The van der Waals surface area contributed by atoms with Gasteiger partial charge < -0.3 is 10.6 Å². The molecule has 2 unspecified atom stereocenters. The normalized spacial score (nSPS) is 21.8. The van der Waals surface area contributed by atoms with Crippen molar-refractivity contribution < 1.29 is 9.59 Å². The van der Waals surface area contributed by atoms with Gasteiger partial charge in [0, 0.05) is 30.0 Å². The number of thiophene rings is 1. The zero-order valence-corrected chi connectivity index (χ0v) is 13.4. The molecule has 1 aliphatic carbocycles. The number of carbonyl (C=O) groups is 2. The highest BCUT2D eigenvalue weighted by atomic mass is 32.1. The van der Waals surface area contributed by atoms with Gasteiger partial charge in [0.1, 0.15) is 0 Å². The van der Waals surface area contributed by atoms with Crippen LogP contribution in [-0.2, 0) is 4.79 Å². The van der Waals surface area contributed by atoms with Crippen molar-refractivity contribution in [3.05, 3.63) is 22.4 Å². The molecule has 0 bridgehead atoms. The van der Waals surface area contributed by atoms with E-state index in [2.05, 4.69) is 17.6 Å². The summed E-state index contributed by atoms with van der Waals surface area (Å²) in [5.41, 5.74) is 0.695.